The van der Waals surface area contributed by atoms with Gasteiger partial charge in [-0.15, -0.1) is 0 Å². The molecule has 1 aliphatic rings. The highest BCUT2D eigenvalue weighted by Crippen LogP contribution is 2.26. The molecule has 1 unspecified atom stereocenters. The Bertz CT molecular complexity index is 663. The maximum atomic E-state index is 12.2. The predicted octanol–water partition coefficient (Wildman–Crippen LogP) is 4.15. The van der Waals surface area contributed by atoms with Crippen molar-refractivity contribution in [2.24, 2.45) is 5.92 Å². The van der Waals surface area contributed by atoms with Gasteiger partial charge in [0.2, 0.25) is 0 Å². The molecule has 132 valence electrons. The number of hydrogen-bond donors (Lipinski definition) is 2. The molecular formula is C21H25NO3. The fraction of sp³-hybridized carbons (Fsp3) is 0.381. The molecule has 4 nitrogen and oxygen atoms in total. The third-order valence-corrected chi connectivity index (χ3v) is 4.76. The molecule has 1 fully saturated rings. The second-order valence-corrected chi connectivity index (χ2v) is 6.61. The lowest BCUT2D eigenvalue weighted by atomic mass is 9.85. The molecule has 25 heavy (non-hydrogen) atoms. The first-order valence-electron chi connectivity index (χ1n) is 9.01. The molecule has 1 atom stereocenters. The molecule has 0 heterocycles. The van der Waals surface area contributed by atoms with Crippen molar-refractivity contribution in [3.05, 3.63) is 60.2 Å². The molecule has 3 rings (SSSR count). The lowest BCUT2D eigenvalue weighted by Gasteiger charge is -2.26. The minimum atomic E-state index is -0.454. The zero-order valence-corrected chi connectivity index (χ0v) is 14.4. The van der Waals surface area contributed by atoms with Crippen molar-refractivity contribution < 1.29 is 14.6 Å². The number of para-hydroxylation sites is 1. The van der Waals surface area contributed by atoms with Gasteiger partial charge in [0, 0.05) is 12.1 Å². The number of amides is 1. The topological polar surface area (TPSA) is 58.6 Å². The zero-order valence-electron chi connectivity index (χ0n) is 14.4. The lowest BCUT2D eigenvalue weighted by molar-refractivity contribution is 0.0738. The van der Waals surface area contributed by atoms with E-state index in [-0.39, 0.29) is 5.91 Å². The molecule has 1 amide bonds. The van der Waals surface area contributed by atoms with Crippen molar-refractivity contribution in [1.29, 1.82) is 0 Å². The summed E-state index contributed by atoms with van der Waals surface area (Å²) in [6.07, 6.45) is 5.28. The van der Waals surface area contributed by atoms with Crippen LogP contribution in [0.5, 0.6) is 11.5 Å². The van der Waals surface area contributed by atoms with Crippen LogP contribution in [0.25, 0.3) is 0 Å². The first-order valence-corrected chi connectivity index (χ1v) is 9.01. The number of benzene rings is 2. The molecule has 0 bridgehead atoms. The minimum absolute atomic E-state index is 0.166. The van der Waals surface area contributed by atoms with Crippen LogP contribution >= 0.6 is 0 Å². The second kappa shape index (κ2) is 8.67. The van der Waals surface area contributed by atoms with Crippen LogP contribution in [0.1, 0.15) is 42.5 Å². The van der Waals surface area contributed by atoms with Gasteiger partial charge in [0.1, 0.15) is 11.5 Å². The van der Waals surface area contributed by atoms with Crippen LogP contribution in [0.2, 0.25) is 0 Å². The van der Waals surface area contributed by atoms with E-state index in [2.05, 4.69) is 5.32 Å². The predicted molar refractivity (Wildman–Crippen MR) is 97.9 cm³/mol. The number of hydrogen-bond acceptors (Lipinski definition) is 3. The Morgan fingerprint density at radius 1 is 1.00 bits per heavy atom. The van der Waals surface area contributed by atoms with Crippen molar-refractivity contribution in [2.75, 3.05) is 6.54 Å². The zero-order chi connectivity index (χ0) is 17.5. The summed E-state index contributed by atoms with van der Waals surface area (Å²) in [7, 11) is 0. The average Bonchev–Trinajstić information content (AvgIpc) is 2.68. The molecule has 0 saturated heterocycles. The van der Waals surface area contributed by atoms with Gasteiger partial charge in [0.25, 0.3) is 5.91 Å². The van der Waals surface area contributed by atoms with Crippen LogP contribution in [0.15, 0.2) is 54.6 Å². The number of rotatable bonds is 6. The van der Waals surface area contributed by atoms with E-state index in [0.717, 1.165) is 18.6 Å². The number of nitrogens with one attached hydrogen (secondary N) is 1. The lowest BCUT2D eigenvalue weighted by Crippen LogP contribution is -2.37. The highest BCUT2D eigenvalue weighted by molar-refractivity contribution is 5.94. The fourth-order valence-corrected chi connectivity index (χ4v) is 3.28. The van der Waals surface area contributed by atoms with Gasteiger partial charge in [0.15, 0.2) is 0 Å². The van der Waals surface area contributed by atoms with Crippen LogP contribution in [-0.4, -0.2) is 23.7 Å². The number of aliphatic hydroxyl groups excluding tert-OH is 1. The van der Waals surface area contributed by atoms with Crippen LogP contribution in [-0.2, 0) is 0 Å². The van der Waals surface area contributed by atoms with Crippen molar-refractivity contribution >= 4 is 5.91 Å². The monoisotopic (exact) mass is 339 g/mol. The van der Waals surface area contributed by atoms with E-state index in [1.165, 1.54) is 19.3 Å². The van der Waals surface area contributed by atoms with Gasteiger partial charge in [0.05, 0.1) is 6.10 Å². The van der Waals surface area contributed by atoms with E-state index in [0.29, 0.717) is 23.8 Å². The normalized spacial score (nSPS) is 16.2. The molecular weight excluding hydrogens is 314 g/mol. The third kappa shape index (κ3) is 5.07. The summed E-state index contributed by atoms with van der Waals surface area (Å²) < 4.78 is 5.72. The summed E-state index contributed by atoms with van der Waals surface area (Å²) in [5.41, 5.74) is 0.566. The van der Waals surface area contributed by atoms with Gasteiger partial charge < -0.3 is 15.2 Å². The standard InChI is InChI=1S/C21H25NO3/c23-20(16-7-3-1-4-8-16)15-22-21(24)17-11-13-19(14-12-17)25-18-9-5-2-6-10-18/h2,5-6,9-14,16,20,23H,1,3-4,7-8,15H2,(H,22,24). The largest absolute Gasteiger partial charge is 0.457 e. The van der Waals surface area contributed by atoms with E-state index >= 15 is 0 Å². The first kappa shape index (κ1) is 17.5. The smallest absolute Gasteiger partial charge is 0.251 e. The Hall–Kier alpha value is -2.33. The van der Waals surface area contributed by atoms with Crippen molar-refractivity contribution in [3.63, 3.8) is 0 Å². The minimum Gasteiger partial charge on any atom is -0.457 e. The highest BCUT2D eigenvalue weighted by Gasteiger charge is 2.22. The molecule has 4 heteroatoms. The molecule has 0 radical (unpaired) electrons. The molecule has 0 aromatic heterocycles. The van der Waals surface area contributed by atoms with Gasteiger partial charge in [-0.2, -0.15) is 0 Å². The average molecular weight is 339 g/mol. The van der Waals surface area contributed by atoms with Crippen LogP contribution in [0.3, 0.4) is 0 Å². The molecule has 2 aromatic rings. The summed E-state index contributed by atoms with van der Waals surface area (Å²) in [6.45, 7) is 0.311. The summed E-state index contributed by atoms with van der Waals surface area (Å²) in [5.74, 6) is 1.59. The van der Waals surface area contributed by atoms with E-state index < -0.39 is 6.10 Å². The van der Waals surface area contributed by atoms with Gasteiger partial charge >= 0.3 is 0 Å². The Labute approximate surface area is 148 Å². The van der Waals surface area contributed by atoms with Gasteiger partial charge in [-0.3, -0.25) is 4.79 Å². The van der Waals surface area contributed by atoms with E-state index in [1.807, 2.05) is 30.3 Å². The summed E-state index contributed by atoms with van der Waals surface area (Å²) in [5, 5.41) is 13.1. The Morgan fingerprint density at radius 2 is 1.64 bits per heavy atom. The third-order valence-electron chi connectivity index (χ3n) is 4.76. The number of aliphatic hydroxyl groups is 1. The number of carbonyl (C=O) groups excluding carboxylic acids is 1. The van der Waals surface area contributed by atoms with Crippen molar-refractivity contribution in [2.45, 2.75) is 38.2 Å². The number of carbonyl (C=O) groups is 1. The summed E-state index contributed by atoms with van der Waals surface area (Å²) in [6, 6.07) is 16.5. The second-order valence-electron chi connectivity index (χ2n) is 6.61. The highest BCUT2D eigenvalue weighted by atomic mass is 16.5. The van der Waals surface area contributed by atoms with Gasteiger partial charge in [-0.25, -0.2) is 0 Å². The maximum absolute atomic E-state index is 12.2. The fourth-order valence-electron chi connectivity index (χ4n) is 3.28. The summed E-state index contributed by atoms with van der Waals surface area (Å²) in [4.78, 5) is 12.2. The Balaban J connectivity index is 1.50. The van der Waals surface area contributed by atoms with Crippen molar-refractivity contribution in [3.8, 4) is 11.5 Å². The Kier molecular flexibility index (Phi) is 6.07. The molecule has 0 spiro atoms. The molecule has 0 aliphatic heterocycles. The SMILES string of the molecule is O=C(NCC(O)C1CCCCC1)c1ccc(Oc2ccccc2)cc1. The van der Waals surface area contributed by atoms with Gasteiger partial charge in [-0.1, -0.05) is 37.5 Å². The molecule has 2 N–H and O–H groups in total. The van der Waals surface area contributed by atoms with Gasteiger partial charge in [-0.05, 0) is 55.2 Å². The Morgan fingerprint density at radius 3 is 2.32 bits per heavy atom. The molecule has 1 saturated carbocycles. The maximum Gasteiger partial charge on any atom is 0.251 e. The van der Waals surface area contributed by atoms with E-state index in [4.69, 9.17) is 4.74 Å². The van der Waals surface area contributed by atoms with E-state index in [1.54, 1.807) is 24.3 Å². The quantitative estimate of drug-likeness (QED) is 0.831. The van der Waals surface area contributed by atoms with Crippen LogP contribution in [0.4, 0.5) is 0 Å². The van der Waals surface area contributed by atoms with Crippen molar-refractivity contribution in [1.82, 2.24) is 5.32 Å². The van der Waals surface area contributed by atoms with E-state index in [9.17, 15) is 9.90 Å². The number of ether oxygens (including phenoxy) is 1. The first-order chi connectivity index (χ1) is 12.2. The van der Waals surface area contributed by atoms with Crippen LogP contribution < -0.4 is 10.1 Å². The summed E-state index contributed by atoms with van der Waals surface area (Å²) >= 11 is 0. The van der Waals surface area contributed by atoms with Crippen LogP contribution in [0, 0.1) is 5.92 Å². The molecule has 2 aromatic carbocycles. The molecule has 1 aliphatic carbocycles.